The van der Waals surface area contributed by atoms with Crippen LogP contribution in [0.15, 0.2) is 47.4 Å². The molecule has 9 nitrogen and oxygen atoms in total. The predicted octanol–water partition coefficient (Wildman–Crippen LogP) is 7.05. The van der Waals surface area contributed by atoms with E-state index in [4.69, 9.17) is 13.9 Å². The van der Waals surface area contributed by atoms with Crippen molar-refractivity contribution in [2.45, 2.75) is 102 Å². The van der Waals surface area contributed by atoms with Crippen LogP contribution >= 0.6 is 0 Å². The van der Waals surface area contributed by atoms with E-state index >= 15 is 0 Å². The van der Waals surface area contributed by atoms with Gasteiger partial charge in [0.1, 0.15) is 17.5 Å². The summed E-state index contributed by atoms with van der Waals surface area (Å²) in [6.45, 7) is 16.1. The first-order chi connectivity index (χ1) is 20.7. The summed E-state index contributed by atoms with van der Waals surface area (Å²) in [5.74, 6) is -1.66. The number of rotatable bonds is 10. The Morgan fingerprint density at radius 3 is 2.20 bits per heavy atom. The number of esters is 1. The molecule has 0 bridgehead atoms. The highest BCUT2D eigenvalue weighted by Gasteiger charge is 2.45. The first-order valence-corrected chi connectivity index (χ1v) is 19.2. The summed E-state index contributed by atoms with van der Waals surface area (Å²) in [7, 11) is -7.00. The first-order valence-electron chi connectivity index (χ1n) is 14.8. The second kappa shape index (κ2) is 12.8. The van der Waals surface area contributed by atoms with Crippen LogP contribution in [0.2, 0.25) is 18.1 Å². The summed E-state index contributed by atoms with van der Waals surface area (Å²) in [6.07, 6.45) is -6.16. The number of carboxylic acids is 1. The average molecular weight is 688 g/mol. The third-order valence-corrected chi connectivity index (χ3v) is 14.5. The maximum absolute atomic E-state index is 14.0. The van der Waals surface area contributed by atoms with Crippen molar-refractivity contribution in [3.05, 3.63) is 53.6 Å². The molecule has 0 radical (unpaired) electrons. The van der Waals surface area contributed by atoms with E-state index in [1.54, 1.807) is 26.8 Å². The standard InChI is InChI=1S/C32H44F3NO8SSi/c1-29(2,3)44-27(37)16-21-13-14-26-25(15-21)36(45(40,41)24-12-10-11-22(17-24)32(33,34)35)19-23(43-26)18-31(7,28(38)39)20-42-46(8,9)30(4,5)6/h10-15,17,23H,16,18-20H2,1-9H3,(H,38,39)/t23-,31-/m0/s1. The molecule has 0 amide bonds. The molecule has 1 aliphatic rings. The van der Waals surface area contributed by atoms with E-state index in [0.29, 0.717) is 11.6 Å². The lowest BCUT2D eigenvalue weighted by Gasteiger charge is -2.41. The number of anilines is 1. The monoisotopic (exact) mass is 687 g/mol. The molecule has 1 N–H and O–H groups in total. The number of hydrogen-bond donors (Lipinski definition) is 1. The molecule has 0 saturated carbocycles. The van der Waals surface area contributed by atoms with Gasteiger partial charge < -0.3 is 19.0 Å². The number of alkyl halides is 3. The minimum absolute atomic E-state index is 0.00396. The number of aliphatic carboxylic acids is 1. The van der Waals surface area contributed by atoms with Gasteiger partial charge in [0.25, 0.3) is 10.0 Å². The predicted molar refractivity (Wildman–Crippen MR) is 170 cm³/mol. The SMILES string of the molecule is CC(C)(C)OC(=O)Cc1ccc2c(c1)N(S(=O)(=O)c1cccc(C(F)(F)F)c1)C[C@H](C[C@@](C)(CO[Si](C)(C)C(C)(C)C)C(=O)O)O2. The van der Waals surface area contributed by atoms with E-state index in [9.17, 15) is 36.3 Å². The van der Waals surface area contributed by atoms with Gasteiger partial charge in [0.05, 0.1) is 34.5 Å². The fraction of sp³-hybridized carbons (Fsp3) is 0.562. The van der Waals surface area contributed by atoms with Gasteiger partial charge in [-0.25, -0.2) is 8.42 Å². The van der Waals surface area contributed by atoms with Crippen LogP contribution in [0.3, 0.4) is 0 Å². The molecular formula is C32H44F3NO8SSi. The molecule has 0 aromatic heterocycles. The van der Waals surface area contributed by atoms with E-state index in [0.717, 1.165) is 22.5 Å². The molecule has 0 aliphatic carbocycles. The lowest BCUT2D eigenvalue weighted by molar-refractivity contribution is -0.154. The van der Waals surface area contributed by atoms with Crippen LogP contribution in [0, 0.1) is 5.41 Å². The Morgan fingerprint density at radius 1 is 1.02 bits per heavy atom. The molecular weight excluding hydrogens is 643 g/mol. The summed E-state index contributed by atoms with van der Waals surface area (Å²) in [5.41, 5.74) is -2.99. The molecule has 14 heteroatoms. The Bertz CT molecular complexity index is 1560. The molecule has 0 fully saturated rings. The van der Waals surface area contributed by atoms with Crippen molar-refractivity contribution in [3.8, 4) is 5.75 Å². The van der Waals surface area contributed by atoms with E-state index in [2.05, 4.69) is 0 Å². The van der Waals surface area contributed by atoms with Crippen molar-refractivity contribution in [1.82, 2.24) is 0 Å². The smallest absolute Gasteiger partial charge is 0.416 e. The van der Waals surface area contributed by atoms with Crippen LogP contribution in [0.5, 0.6) is 5.75 Å². The summed E-state index contributed by atoms with van der Waals surface area (Å²) in [6, 6.07) is 7.82. The third kappa shape index (κ3) is 8.82. The van der Waals surface area contributed by atoms with Crippen LogP contribution in [0.4, 0.5) is 18.9 Å². The fourth-order valence-electron chi connectivity index (χ4n) is 4.57. The van der Waals surface area contributed by atoms with Crippen molar-refractivity contribution >= 4 is 36.0 Å². The zero-order chi connectivity index (χ0) is 35.1. The van der Waals surface area contributed by atoms with Gasteiger partial charge in [0.15, 0.2) is 8.32 Å². The zero-order valence-corrected chi connectivity index (χ0v) is 29.6. The highest BCUT2D eigenvalue weighted by molar-refractivity contribution is 7.92. The number of fused-ring (bicyclic) bond motifs is 1. The molecule has 0 spiro atoms. The minimum Gasteiger partial charge on any atom is -0.486 e. The van der Waals surface area contributed by atoms with Gasteiger partial charge >= 0.3 is 18.1 Å². The number of hydrogen-bond acceptors (Lipinski definition) is 7. The molecule has 1 aliphatic heterocycles. The van der Waals surface area contributed by atoms with Gasteiger partial charge in [-0.1, -0.05) is 32.9 Å². The highest BCUT2D eigenvalue weighted by atomic mass is 32.2. The van der Waals surface area contributed by atoms with Crippen LogP contribution in [0.1, 0.15) is 66.0 Å². The number of carbonyl (C=O) groups is 2. The molecule has 0 unspecified atom stereocenters. The molecule has 2 aromatic rings. The van der Waals surface area contributed by atoms with Crippen LogP contribution in [0.25, 0.3) is 0 Å². The minimum atomic E-state index is -4.79. The number of halogens is 3. The lowest BCUT2D eigenvalue weighted by Crippen LogP contribution is -2.49. The van der Waals surface area contributed by atoms with Crippen molar-refractivity contribution in [3.63, 3.8) is 0 Å². The fourth-order valence-corrected chi connectivity index (χ4v) is 7.23. The molecule has 3 rings (SSSR count). The van der Waals surface area contributed by atoms with E-state index < -0.39 is 70.6 Å². The number of benzene rings is 2. The summed E-state index contributed by atoms with van der Waals surface area (Å²) in [4.78, 5) is 24.5. The van der Waals surface area contributed by atoms with Crippen LogP contribution in [-0.2, 0) is 41.4 Å². The normalized spacial score (nSPS) is 17.5. The van der Waals surface area contributed by atoms with Gasteiger partial charge in [-0.05, 0) is 81.7 Å². The molecule has 1 heterocycles. The van der Waals surface area contributed by atoms with E-state index in [-0.39, 0.29) is 35.9 Å². The summed E-state index contributed by atoms with van der Waals surface area (Å²) in [5, 5.41) is 10.1. The Balaban J connectivity index is 2.06. The second-order valence-electron chi connectivity index (χ2n) is 14.5. The topological polar surface area (TPSA) is 119 Å². The summed E-state index contributed by atoms with van der Waals surface area (Å²) < 4.78 is 87.4. The molecule has 0 saturated heterocycles. The van der Waals surface area contributed by atoms with Crippen LogP contribution < -0.4 is 9.04 Å². The Hall–Kier alpha value is -3.10. The second-order valence-corrected chi connectivity index (χ2v) is 21.2. The molecule has 2 aromatic carbocycles. The van der Waals surface area contributed by atoms with Gasteiger partial charge in [0.2, 0.25) is 0 Å². The maximum atomic E-state index is 14.0. The third-order valence-electron chi connectivity index (χ3n) is 8.23. The Morgan fingerprint density at radius 2 is 1.65 bits per heavy atom. The molecule has 256 valence electrons. The van der Waals surface area contributed by atoms with Crippen molar-refractivity contribution in [2.75, 3.05) is 17.5 Å². The quantitative estimate of drug-likeness (QED) is 0.209. The molecule has 2 atom stereocenters. The number of ether oxygens (including phenoxy) is 2. The van der Waals surface area contributed by atoms with Crippen molar-refractivity contribution in [2.24, 2.45) is 5.41 Å². The Labute approximate surface area is 270 Å². The van der Waals surface area contributed by atoms with Gasteiger partial charge in [0, 0.05) is 13.0 Å². The maximum Gasteiger partial charge on any atom is 0.416 e. The average Bonchev–Trinajstić information content (AvgIpc) is 2.89. The lowest BCUT2D eigenvalue weighted by atomic mass is 9.85. The van der Waals surface area contributed by atoms with Crippen molar-refractivity contribution < 1.29 is 50.2 Å². The van der Waals surface area contributed by atoms with Crippen molar-refractivity contribution in [1.29, 1.82) is 0 Å². The highest BCUT2D eigenvalue weighted by Crippen LogP contribution is 2.42. The Kier molecular flexibility index (Phi) is 10.4. The van der Waals surface area contributed by atoms with Gasteiger partial charge in [-0.3, -0.25) is 13.9 Å². The summed E-state index contributed by atoms with van der Waals surface area (Å²) >= 11 is 0. The number of sulfonamides is 1. The van der Waals surface area contributed by atoms with E-state index in [1.165, 1.54) is 19.1 Å². The van der Waals surface area contributed by atoms with Gasteiger partial charge in [-0.2, -0.15) is 13.2 Å². The number of nitrogens with zero attached hydrogens (tertiary/aromatic N) is 1. The molecule has 46 heavy (non-hydrogen) atoms. The largest absolute Gasteiger partial charge is 0.486 e. The van der Waals surface area contributed by atoms with E-state index in [1.807, 2.05) is 33.9 Å². The van der Waals surface area contributed by atoms with Crippen LogP contribution in [-0.4, -0.2) is 58.6 Å². The number of carboxylic acid groups (broad SMARTS) is 1. The first kappa shape index (κ1) is 37.4. The number of carbonyl (C=O) groups excluding carboxylic acids is 1. The van der Waals surface area contributed by atoms with Gasteiger partial charge in [-0.15, -0.1) is 0 Å². The zero-order valence-electron chi connectivity index (χ0n) is 27.7.